The average molecular weight is 304 g/mol. The number of aliphatic hydroxyl groups is 1. The van der Waals surface area contributed by atoms with Crippen molar-refractivity contribution in [1.29, 1.82) is 0 Å². The molecule has 5 heteroatoms. The summed E-state index contributed by atoms with van der Waals surface area (Å²) in [4.78, 5) is 17.7. The van der Waals surface area contributed by atoms with Gasteiger partial charge in [-0.15, -0.1) is 0 Å². The third-order valence-electron chi connectivity index (χ3n) is 3.55. The van der Waals surface area contributed by atoms with Crippen LogP contribution in [0.4, 0.5) is 4.79 Å². The lowest BCUT2D eigenvalue weighted by molar-refractivity contribution is -0.00827. The second-order valence-corrected chi connectivity index (χ2v) is 6.69. The van der Waals surface area contributed by atoms with E-state index < -0.39 is 11.2 Å². The second-order valence-electron chi connectivity index (χ2n) is 6.69. The van der Waals surface area contributed by atoms with Crippen molar-refractivity contribution < 1.29 is 14.6 Å². The molecule has 0 radical (unpaired) electrons. The lowest BCUT2D eigenvalue weighted by Crippen LogP contribution is -2.47. The number of piperidine rings is 1. The highest BCUT2D eigenvalue weighted by Crippen LogP contribution is 2.25. The van der Waals surface area contributed by atoms with Gasteiger partial charge in [-0.1, -0.05) is 18.2 Å². The largest absolute Gasteiger partial charge is 0.444 e. The Morgan fingerprint density at radius 2 is 2.09 bits per heavy atom. The molecule has 22 heavy (non-hydrogen) atoms. The number of amides is 1. The highest BCUT2D eigenvalue weighted by atomic mass is 16.6. The summed E-state index contributed by atoms with van der Waals surface area (Å²) in [5, 5.41) is 10.6. The number of carbonyl (C=O) groups excluding carboxylic acids is 1. The molecule has 1 N–H and O–H groups in total. The van der Waals surface area contributed by atoms with Crippen LogP contribution in [-0.4, -0.2) is 45.4 Å². The van der Waals surface area contributed by atoms with Crippen LogP contribution in [0.15, 0.2) is 30.6 Å². The third kappa shape index (κ3) is 4.84. The Bertz CT molecular complexity index is 527. The van der Waals surface area contributed by atoms with Gasteiger partial charge in [-0.05, 0) is 45.2 Å². The minimum atomic E-state index is -0.881. The van der Waals surface area contributed by atoms with E-state index in [1.165, 1.54) is 0 Å². The summed E-state index contributed by atoms with van der Waals surface area (Å²) in [6, 6.07) is 3.79. The minimum absolute atomic E-state index is 0.314. The maximum Gasteiger partial charge on any atom is 0.410 e. The fourth-order valence-corrected chi connectivity index (χ4v) is 2.30. The maximum atomic E-state index is 12.0. The van der Waals surface area contributed by atoms with Gasteiger partial charge in [0.25, 0.3) is 0 Å². The van der Waals surface area contributed by atoms with Crippen LogP contribution in [0.5, 0.6) is 0 Å². The van der Waals surface area contributed by atoms with Crippen molar-refractivity contribution in [3.63, 3.8) is 0 Å². The first-order valence-corrected chi connectivity index (χ1v) is 7.57. The molecule has 1 aliphatic rings. The molecule has 2 rings (SSSR count). The number of carbonyl (C=O) groups is 1. The normalized spacial score (nSPS) is 18.5. The summed E-state index contributed by atoms with van der Waals surface area (Å²) < 4.78 is 5.35. The lowest BCUT2D eigenvalue weighted by Gasteiger charge is -2.37. The van der Waals surface area contributed by atoms with Gasteiger partial charge >= 0.3 is 6.09 Å². The van der Waals surface area contributed by atoms with Gasteiger partial charge in [-0.2, -0.15) is 0 Å². The van der Waals surface area contributed by atoms with E-state index in [0.29, 0.717) is 25.9 Å². The summed E-state index contributed by atoms with van der Waals surface area (Å²) in [5.41, 5.74) is -0.426. The molecule has 1 aromatic rings. The van der Waals surface area contributed by atoms with Gasteiger partial charge in [-0.25, -0.2) is 4.79 Å². The van der Waals surface area contributed by atoms with Crippen molar-refractivity contribution in [3.05, 3.63) is 36.2 Å². The lowest BCUT2D eigenvalue weighted by atomic mass is 9.90. The van der Waals surface area contributed by atoms with Gasteiger partial charge in [0.15, 0.2) is 0 Å². The predicted octanol–water partition coefficient (Wildman–Crippen LogP) is 2.86. The molecule has 0 atom stereocenters. The molecule has 1 saturated heterocycles. The quantitative estimate of drug-likeness (QED) is 0.912. The van der Waals surface area contributed by atoms with Crippen LogP contribution in [0, 0.1) is 0 Å². The first-order valence-electron chi connectivity index (χ1n) is 7.57. The number of rotatable bonds is 2. The van der Waals surface area contributed by atoms with Crippen molar-refractivity contribution >= 4 is 12.2 Å². The summed E-state index contributed by atoms with van der Waals surface area (Å²) in [7, 11) is 0. The summed E-state index contributed by atoms with van der Waals surface area (Å²) in [6.07, 6.45) is 7.82. The summed E-state index contributed by atoms with van der Waals surface area (Å²) in [6.45, 7) is 6.52. The zero-order chi connectivity index (χ0) is 16.2. The molecule has 2 heterocycles. The highest BCUT2D eigenvalue weighted by molar-refractivity contribution is 5.68. The topological polar surface area (TPSA) is 62.7 Å². The molecular weight excluding hydrogens is 280 g/mol. The van der Waals surface area contributed by atoms with E-state index >= 15 is 0 Å². The van der Waals surface area contributed by atoms with Gasteiger partial charge < -0.3 is 14.7 Å². The van der Waals surface area contributed by atoms with Crippen LogP contribution < -0.4 is 0 Å². The van der Waals surface area contributed by atoms with Crippen LogP contribution in [-0.2, 0) is 4.74 Å². The van der Waals surface area contributed by atoms with Gasteiger partial charge in [-0.3, -0.25) is 4.98 Å². The van der Waals surface area contributed by atoms with E-state index in [9.17, 15) is 9.90 Å². The Labute approximate surface area is 131 Å². The molecule has 120 valence electrons. The van der Waals surface area contributed by atoms with Crippen LogP contribution in [0.1, 0.15) is 39.2 Å². The Hall–Kier alpha value is -1.88. The van der Waals surface area contributed by atoms with E-state index in [-0.39, 0.29) is 6.09 Å². The van der Waals surface area contributed by atoms with Gasteiger partial charge in [0.1, 0.15) is 5.60 Å². The first-order chi connectivity index (χ1) is 10.3. The smallest absolute Gasteiger partial charge is 0.410 e. The fraction of sp³-hybridized carbons (Fsp3) is 0.529. The van der Waals surface area contributed by atoms with Gasteiger partial charge in [0.05, 0.1) is 5.60 Å². The Kier molecular flexibility index (Phi) is 4.86. The van der Waals surface area contributed by atoms with E-state index in [0.717, 1.165) is 5.56 Å². The molecule has 0 spiro atoms. The molecular formula is C17H24N2O3. The number of pyridine rings is 1. The van der Waals surface area contributed by atoms with Crippen molar-refractivity contribution in [3.8, 4) is 0 Å². The van der Waals surface area contributed by atoms with Crippen LogP contribution in [0.3, 0.4) is 0 Å². The van der Waals surface area contributed by atoms with Crippen molar-refractivity contribution in [2.75, 3.05) is 13.1 Å². The van der Waals surface area contributed by atoms with Gasteiger partial charge in [0.2, 0.25) is 0 Å². The van der Waals surface area contributed by atoms with Crippen LogP contribution in [0.2, 0.25) is 0 Å². The molecule has 1 aromatic heterocycles. The summed E-state index contributed by atoms with van der Waals surface area (Å²) in [5.74, 6) is 0. The molecule has 0 saturated carbocycles. The summed E-state index contributed by atoms with van der Waals surface area (Å²) >= 11 is 0. The van der Waals surface area contributed by atoms with Crippen molar-refractivity contribution in [2.45, 2.75) is 44.8 Å². The molecule has 0 unspecified atom stereocenters. The molecule has 1 amide bonds. The first kappa shape index (κ1) is 16.5. The van der Waals surface area contributed by atoms with E-state index in [1.807, 2.05) is 39.0 Å². The molecule has 1 aliphatic heterocycles. The number of ether oxygens (including phenoxy) is 1. The molecule has 1 fully saturated rings. The predicted molar refractivity (Wildman–Crippen MR) is 85.3 cm³/mol. The molecule has 0 aliphatic carbocycles. The minimum Gasteiger partial charge on any atom is -0.444 e. The van der Waals surface area contributed by atoms with Crippen LogP contribution >= 0.6 is 0 Å². The number of hydrogen-bond acceptors (Lipinski definition) is 4. The van der Waals surface area contributed by atoms with Gasteiger partial charge in [0, 0.05) is 25.5 Å². The number of likely N-dealkylation sites (tertiary alicyclic amines) is 1. The monoisotopic (exact) mass is 304 g/mol. The third-order valence-corrected chi connectivity index (χ3v) is 3.55. The Morgan fingerprint density at radius 1 is 1.41 bits per heavy atom. The molecule has 0 bridgehead atoms. The Morgan fingerprint density at radius 3 is 2.64 bits per heavy atom. The van der Waals surface area contributed by atoms with Crippen LogP contribution in [0.25, 0.3) is 6.08 Å². The number of nitrogens with zero attached hydrogens (tertiary/aromatic N) is 2. The molecule has 5 nitrogen and oxygen atoms in total. The van der Waals surface area contributed by atoms with E-state index in [2.05, 4.69) is 4.98 Å². The average Bonchev–Trinajstić information content (AvgIpc) is 2.45. The van der Waals surface area contributed by atoms with Crippen molar-refractivity contribution in [2.24, 2.45) is 0 Å². The fourth-order valence-electron chi connectivity index (χ4n) is 2.30. The number of hydrogen-bond donors (Lipinski definition) is 1. The standard InChI is InChI=1S/C17H24N2O3/c1-16(2,3)22-15(20)19-11-8-17(21,9-12-19)7-6-14-5-4-10-18-13-14/h4-7,10,13,21H,8-9,11-12H2,1-3H3. The zero-order valence-electron chi connectivity index (χ0n) is 13.5. The highest BCUT2D eigenvalue weighted by Gasteiger charge is 2.33. The SMILES string of the molecule is CC(C)(C)OC(=O)N1CCC(O)(C=Cc2cccnc2)CC1. The molecule has 0 aromatic carbocycles. The maximum absolute atomic E-state index is 12.0. The van der Waals surface area contributed by atoms with Crippen molar-refractivity contribution in [1.82, 2.24) is 9.88 Å². The van der Waals surface area contributed by atoms with E-state index in [1.54, 1.807) is 23.4 Å². The number of aromatic nitrogens is 1. The van der Waals surface area contributed by atoms with E-state index in [4.69, 9.17) is 4.74 Å². The zero-order valence-corrected chi connectivity index (χ0v) is 13.5. The Balaban J connectivity index is 1.90. The second kappa shape index (κ2) is 6.48.